The molecule has 0 saturated heterocycles. The van der Waals surface area contributed by atoms with Gasteiger partial charge < -0.3 is 14.6 Å². The topological polar surface area (TPSA) is 69.0 Å². The van der Waals surface area contributed by atoms with Gasteiger partial charge in [0.15, 0.2) is 0 Å². The molecule has 7 heteroatoms. The summed E-state index contributed by atoms with van der Waals surface area (Å²) >= 11 is 1.45. The highest BCUT2D eigenvalue weighted by Crippen LogP contribution is 2.26. The van der Waals surface area contributed by atoms with Crippen LogP contribution in [0.1, 0.15) is 28.8 Å². The van der Waals surface area contributed by atoms with Gasteiger partial charge in [-0.15, -0.1) is 11.3 Å². The molecule has 0 atom stereocenters. The van der Waals surface area contributed by atoms with E-state index in [0.717, 1.165) is 39.9 Å². The van der Waals surface area contributed by atoms with Crippen LogP contribution in [-0.4, -0.2) is 27.0 Å². The molecule has 1 amide bonds. The number of hydrogen-bond donors (Lipinski definition) is 1. The summed E-state index contributed by atoms with van der Waals surface area (Å²) in [5.74, 6) is 1.57. The molecule has 152 valence electrons. The van der Waals surface area contributed by atoms with E-state index in [0.29, 0.717) is 12.3 Å². The summed E-state index contributed by atoms with van der Waals surface area (Å²) in [4.78, 5) is 21.3. The molecule has 0 saturated carbocycles. The van der Waals surface area contributed by atoms with Gasteiger partial charge in [0.1, 0.15) is 22.3 Å². The van der Waals surface area contributed by atoms with Crippen molar-refractivity contribution in [3.05, 3.63) is 83.4 Å². The third-order valence-corrected chi connectivity index (χ3v) is 5.53. The predicted molar refractivity (Wildman–Crippen MR) is 119 cm³/mol. The highest BCUT2D eigenvalue weighted by molar-refractivity contribution is 7.13. The summed E-state index contributed by atoms with van der Waals surface area (Å²) in [5, 5.41) is 5.49. The Morgan fingerprint density at radius 2 is 1.90 bits per heavy atom. The molecule has 0 spiro atoms. The van der Waals surface area contributed by atoms with Gasteiger partial charge in [-0.1, -0.05) is 12.1 Å². The minimum Gasteiger partial charge on any atom is -0.494 e. The van der Waals surface area contributed by atoms with Gasteiger partial charge >= 0.3 is 0 Å². The fourth-order valence-corrected chi connectivity index (χ4v) is 3.83. The number of aryl methyl sites for hydroxylation is 1. The molecule has 0 aliphatic carbocycles. The first-order chi connectivity index (χ1) is 14.6. The standard InChI is InChI=1S/C23H22N4O2S/c1-3-29-20-10-6-18(7-11-20)23-26-21(15-30-23)22(28)25-19-8-4-17(5-9-19)14-27-13-12-24-16(27)2/h4-13,15H,3,14H2,1-2H3,(H,25,28). The fraction of sp³-hybridized carbons (Fsp3) is 0.174. The zero-order valence-electron chi connectivity index (χ0n) is 16.8. The summed E-state index contributed by atoms with van der Waals surface area (Å²) in [6.07, 6.45) is 3.74. The van der Waals surface area contributed by atoms with Crippen molar-refractivity contribution in [2.24, 2.45) is 0 Å². The molecule has 6 nitrogen and oxygen atoms in total. The molecule has 1 N–H and O–H groups in total. The van der Waals surface area contributed by atoms with E-state index in [2.05, 4.69) is 19.9 Å². The number of nitrogens with one attached hydrogen (secondary N) is 1. The van der Waals surface area contributed by atoms with Gasteiger partial charge in [0.05, 0.1) is 6.61 Å². The van der Waals surface area contributed by atoms with Crippen LogP contribution in [0.15, 0.2) is 66.3 Å². The Morgan fingerprint density at radius 3 is 2.57 bits per heavy atom. The number of rotatable bonds is 7. The third-order valence-electron chi connectivity index (χ3n) is 4.64. The Balaban J connectivity index is 1.40. The molecule has 0 aliphatic heterocycles. The van der Waals surface area contributed by atoms with Gasteiger partial charge in [0, 0.05) is 35.6 Å². The number of benzene rings is 2. The molecule has 0 radical (unpaired) electrons. The Hall–Kier alpha value is -3.45. The van der Waals surface area contributed by atoms with E-state index in [4.69, 9.17) is 4.74 Å². The van der Waals surface area contributed by atoms with Gasteiger partial charge in [0.2, 0.25) is 0 Å². The largest absolute Gasteiger partial charge is 0.494 e. The maximum Gasteiger partial charge on any atom is 0.275 e. The van der Waals surface area contributed by atoms with E-state index in [1.54, 1.807) is 11.6 Å². The number of thiazole rings is 1. The SMILES string of the molecule is CCOc1ccc(-c2nc(C(=O)Nc3ccc(Cn4ccnc4C)cc3)cs2)cc1. The number of hydrogen-bond acceptors (Lipinski definition) is 5. The molecule has 2 heterocycles. The maximum atomic E-state index is 12.6. The van der Waals surface area contributed by atoms with Gasteiger partial charge in [-0.3, -0.25) is 4.79 Å². The normalized spacial score (nSPS) is 10.7. The number of carbonyl (C=O) groups excluding carboxylic acids is 1. The minimum absolute atomic E-state index is 0.221. The van der Waals surface area contributed by atoms with Crippen molar-refractivity contribution in [2.45, 2.75) is 20.4 Å². The quantitative estimate of drug-likeness (QED) is 0.458. The summed E-state index contributed by atoms with van der Waals surface area (Å²) < 4.78 is 7.54. The zero-order valence-corrected chi connectivity index (χ0v) is 17.6. The van der Waals surface area contributed by atoms with Crippen LogP contribution in [0.3, 0.4) is 0 Å². The summed E-state index contributed by atoms with van der Waals surface area (Å²) in [6, 6.07) is 15.5. The van der Waals surface area contributed by atoms with Crippen LogP contribution in [-0.2, 0) is 6.54 Å². The molecule has 0 bridgehead atoms. The Bertz CT molecular complexity index is 1130. The molecule has 4 aromatic rings. The van der Waals surface area contributed by atoms with E-state index < -0.39 is 0 Å². The van der Waals surface area contributed by atoms with Crippen LogP contribution in [0.2, 0.25) is 0 Å². The first kappa shape index (κ1) is 19.8. The summed E-state index contributed by atoms with van der Waals surface area (Å²) in [5.41, 5.74) is 3.24. The van der Waals surface area contributed by atoms with Crippen molar-refractivity contribution in [3.8, 4) is 16.3 Å². The van der Waals surface area contributed by atoms with Gasteiger partial charge in [-0.05, 0) is 55.8 Å². The smallest absolute Gasteiger partial charge is 0.275 e. The molecule has 0 aliphatic rings. The number of carbonyl (C=O) groups is 1. The van der Waals surface area contributed by atoms with E-state index in [9.17, 15) is 4.79 Å². The lowest BCUT2D eigenvalue weighted by molar-refractivity contribution is 0.102. The molecular weight excluding hydrogens is 396 g/mol. The van der Waals surface area contributed by atoms with Crippen LogP contribution in [0.5, 0.6) is 5.75 Å². The van der Waals surface area contributed by atoms with Gasteiger partial charge in [-0.2, -0.15) is 0 Å². The van der Waals surface area contributed by atoms with E-state index >= 15 is 0 Å². The number of amides is 1. The van der Waals surface area contributed by atoms with Crippen molar-refractivity contribution in [1.82, 2.24) is 14.5 Å². The first-order valence-corrected chi connectivity index (χ1v) is 10.6. The Kier molecular flexibility index (Phi) is 5.90. The third kappa shape index (κ3) is 4.58. The van der Waals surface area contributed by atoms with Crippen LogP contribution in [0.25, 0.3) is 10.6 Å². The molecule has 0 unspecified atom stereocenters. The molecular formula is C23H22N4O2S. The fourth-order valence-electron chi connectivity index (χ4n) is 3.03. The van der Waals surface area contributed by atoms with E-state index in [-0.39, 0.29) is 5.91 Å². The predicted octanol–water partition coefficient (Wildman–Crippen LogP) is 5.01. The molecule has 30 heavy (non-hydrogen) atoms. The number of aromatic nitrogens is 3. The number of anilines is 1. The zero-order chi connectivity index (χ0) is 20.9. The number of ether oxygens (including phenoxy) is 1. The molecule has 0 fully saturated rings. The summed E-state index contributed by atoms with van der Waals surface area (Å²) in [6.45, 7) is 5.31. The minimum atomic E-state index is -0.221. The van der Waals surface area contributed by atoms with Crippen LogP contribution >= 0.6 is 11.3 Å². The second-order valence-electron chi connectivity index (χ2n) is 6.75. The van der Waals surface area contributed by atoms with Crippen molar-refractivity contribution in [1.29, 1.82) is 0 Å². The molecule has 2 aromatic heterocycles. The van der Waals surface area contributed by atoms with Crippen molar-refractivity contribution in [3.63, 3.8) is 0 Å². The van der Waals surface area contributed by atoms with Gasteiger partial charge in [-0.25, -0.2) is 9.97 Å². The van der Waals surface area contributed by atoms with Crippen LogP contribution in [0.4, 0.5) is 5.69 Å². The summed E-state index contributed by atoms with van der Waals surface area (Å²) in [7, 11) is 0. The Morgan fingerprint density at radius 1 is 1.13 bits per heavy atom. The van der Waals surface area contributed by atoms with E-state index in [1.807, 2.05) is 68.6 Å². The van der Waals surface area contributed by atoms with Gasteiger partial charge in [0.25, 0.3) is 5.91 Å². The van der Waals surface area contributed by atoms with Crippen molar-refractivity contribution < 1.29 is 9.53 Å². The van der Waals surface area contributed by atoms with Crippen LogP contribution in [0, 0.1) is 6.92 Å². The average molecular weight is 419 g/mol. The maximum absolute atomic E-state index is 12.6. The Labute approximate surface area is 179 Å². The van der Waals surface area contributed by atoms with Crippen molar-refractivity contribution >= 4 is 22.9 Å². The first-order valence-electron chi connectivity index (χ1n) is 9.69. The lowest BCUT2D eigenvalue weighted by Gasteiger charge is -2.07. The second-order valence-corrected chi connectivity index (χ2v) is 7.61. The van der Waals surface area contributed by atoms with Crippen molar-refractivity contribution in [2.75, 3.05) is 11.9 Å². The lowest BCUT2D eigenvalue weighted by Crippen LogP contribution is -2.12. The number of imidazole rings is 1. The highest BCUT2D eigenvalue weighted by atomic mass is 32.1. The highest BCUT2D eigenvalue weighted by Gasteiger charge is 2.12. The van der Waals surface area contributed by atoms with Crippen LogP contribution < -0.4 is 10.1 Å². The lowest BCUT2D eigenvalue weighted by atomic mass is 10.2. The van der Waals surface area contributed by atoms with E-state index in [1.165, 1.54) is 11.3 Å². The molecule has 4 rings (SSSR count). The monoisotopic (exact) mass is 418 g/mol. The number of nitrogens with zero attached hydrogens (tertiary/aromatic N) is 3. The average Bonchev–Trinajstić information content (AvgIpc) is 3.40. The molecule has 2 aromatic carbocycles. The second kappa shape index (κ2) is 8.92.